The monoisotopic (exact) mass is 372 g/mol. The van der Waals surface area contributed by atoms with E-state index in [9.17, 15) is 9.90 Å². The minimum Gasteiger partial charge on any atom is -0.478 e. The van der Waals surface area contributed by atoms with E-state index in [4.69, 9.17) is 0 Å². The number of aromatic nitrogens is 1. The third kappa shape index (κ3) is 4.12. The normalized spacial score (nSPS) is 10.5. The van der Waals surface area contributed by atoms with Crippen LogP contribution in [0.25, 0.3) is 5.70 Å². The van der Waals surface area contributed by atoms with Gasteiger partial charge in [0.25, 0.3) is 0 Å². The number of hydrogen-bond donors (Lipinski definition) is 1. The fourth-order valence-electron chi connectivity index (χ4n) is 3.25. The van der Waals surface area contributed by atoms with Gasteiger partial charge in [-0.05, 0) is 55.7 Å². The van der Waals surface area contributed by atoms with E-state index in [2.05, 4.69) is 61.5 Å². The highest BCUT2D eigenvalue weighted by molar-refractivity contribution is 5.89. The number of aromatic carboxylic acids is 1. The van der Waals surface area contributed by atoms with Crippen molar-refractivity contribution in [2.45, 2.75) is 27.3 Å². The average molecular weight is 372 g/mol. The summed E-state index contributed by atoms with van der Waals surface area (Å²) in [6.07, 6.45) is 1.51. The molecule has 3 aromatic rings. The van der Waals surface area contributed by atoms with Crippen molar-refractivity contribution in [3.63, 3.8) is 0 Å². The lowest BCUT2D eigenvalue weighted by Crippen LogP contribution is -2.22. The van der Waals surface area contributed by atoms with E-state index >= 15 is 0 Å². The SMILES string of the molecule is C=C(c1cc(C(=O)O)ccn1)N(Cc1ccc(C)cc1C)c1ccccc1C. The highest BCUT2D eigenvalue weighted by atomic mass is 16.4. The molecule has 0 aliphatic rings. The molecule has 0 radical (unpaired) electrons. The summed E-state index contributed by atoms with van der Waals surface area (Å²) in [5, 5.41) is 9.32. The van der Waals surface area contributed by atoms with Gasteiger partial charge >= 0.3 is 5.97 Å². The quantitative estimate of drug-likeness (QED) is 0.631. The van der Waals surface area contributed by atoms with E-state index in [1.54, 1.807) is 6.07 Å². The van der Waals surface area contributed by atoms with Crippen LogP contribution in [0.5, 0.6) is 0 Å². The van der Waals surface area contributed by atoms with E-state index in [1.165, 1.54) is 29.0 Å². The third-order valence-corrected chi connectivity index (χ3v) is 4.86. The zero-order valence-corrected chi connectivity index (χ0v) is 16.4. The summed E-state index contributed by atoms with van der Waals surface area (Å²) in [4.78, 5) is 17.8. The van der Waals surface area contributed by atoms with Gasteiger partial charge in [0.1, 0.15) is 0 Å². The van der Waals surface area contributed by atoms with Crippen LogP contribution in [0, 0.1) is 20.8 Å². The van der Waals surface area contributed by atoms with E-state index in [0.29, 0.717) is 17.9 Å². The van der Waals surface area contributed by atoms with Crippen molar-refractivity contribution in [1.82, 2.24) is 4.98 Å². The minimum absolute atomic E-state index is 0.197. The van der Waals surface area contributed by atoms with Gasteiger partial charge in [0, 0.05) is 18.4 Å². The summed E-state index contributed by atoms with van der Waals surface area (Å²) in [6.45, 7) is 11.1. The third-order valence-electron chi connectivity index (χ3n) is 4.86. The van der Waals surface area contributed by atoms with E-state index in [0.717, 1.165) is 11.3 Å². The molecule has 3 rings (SSSR count). The smallest absolute Gasteiger partial charge is 0.335 e. The lowest BCUT2D eigenvalue weighted by Gasteiger charge is -2.29. The zero-order valence-electron chi connectivity index (χ0n) is 16.4. The molecule has 0 atom stereocenters. The van der Waals surface area contributed by atoms with Crippen LogP contribution in [-0.4, -0.2) is 16.1 Å². The van der Waals surface area contributed by atoms with Gasteiger partial charge in [0.2, 0.25) is 0 Å². The summed E-state index contributed by atoms with van der Waals surface area (Å²) in [7, 11) is 0. The number of anilines is 1. The van der Waals surface area contributed by atoms with Gasteiger partial charge in [0.05, 0.1) is 17.0 Å². The molecule has 142 valence electrons. The van der Waals surface area contributed by atoms with Gasteiger partial charge in [-0.15, -0.1) is 0 Å². The van der Waals surface area contributed by atoms with Gasteiger partial charge in [-0.1, -0.05) is 48.5 Å². The predicted octanol–water partition coefficient (Wildman–Crippen LogP) is 5.38. The van der Waals surface area contributed by atoms with E-state index in [-0.39, 0.29) is 5.56 Å². The Balaban J connectivity index is 2.06. The Kier molecular flexibility index (Phi) is 5.59. The van der Waals surface area contributed by atoms with Crippen LogP contribution in [0.2, 0.25) is 0 Å². The molecule has 0 unspecified atom stereocenters. The van der Waals surface area contributed by atoms with Gasteiger partial charge in [0.15, 0.2) is 0 Å². The van der Waals surface area contributed by atoms with Crippen LogP contribution in [0.15, 0.2) is 67.4 Å². The first kappa shape index (κ1) is 19.4. The van der Waals surface area contributed by atoms with E-state index < -0.39 is 5.97 Å². The molecule has 0 bridgehead atoms. The van der Waals surface area contributed by atoms with Gasteiger partial charge < -0.3 is 10.0 Å². The number of rotatable bonds is 6. The number of carboxylic acids is 1. The number of hydrogen-bond acceptors (Lipinski definition) is 3. The van der Waals surface area contributed by atoms with Crippen molar-refractivity contribution in [2.24, 2.45) is 0 Å². The molecule has 4 heteroatoms. The van der Waals surface area contributed by atoms with Crippen molar-refractivity contribution < 1.29 is 9.90 Å². The Morgan fingerprint density at radius 2 is 1.79 bits per heavy atom. The second-order valence-corrected chi connectivity index (χ2v) is 6.98. The number of carbonyl (C=O) groups is 1. The highest BCUT2D eigenvalue weighted by Gasteiger charge is 2.18. The lowest BCUT2D eigenvalue weighted by molar-refractivity contribution is 0.0696. The van der Waals surface area contributed by atoms with Crippen molar-refractivity contribution in [2.75, 3.05) is 4.90 Å². The van der Waals surface area contributed by atoms with Crippen molar-refractivity contribution in [3.05, 3.63) is 101 Å². The summed E-state index contributed by atoms with van der Waals surface area (Å²) in [6, 6.07) is 17.5. The molecular formula is C24H24N2O2. The molecule has 0 aliphatic heterocycles. The molecule has 0 amide bonds. The second kappa shape index (κ2) is 8.09. The Morgan fingerprint density at radius 1 is 1.04 bits per heavy atom. The topological polar surface area (TPSA) is 53.4 Å². The van der Waals surface area contributed by atoms with Crippen LogP contribution >= 0.6 is 0 Å². The average Bonchev–Trinajstić information content (AvgIpc) is 2.68. The number of para-hydroxylation sites is 1. The number of carboxylic acid groups (broad SMARTS) is 1. The molecule has 1 aromatic heterocycles. The van der Waals surface area contributed by atoms with Crippen LogP contribution in [0.4, 0.5) is 5.69 Å². The molecule has 28 heavy (non-hydrogen) atoms. The largest absolute Gasteiger partial charge is 0.478 e. The fraction of sp³-hybridized carbons (Fsp3) is 0.167. The highest BCUT2D eigenvalue weighted by Crippen LogP contribution is 2.30. The first-order chi connectivity index (χ1) is 13.4. The number of aryl methyl sites for hydroxylation is 3. The fourth-order valence-corrected chi connectivity index (χ4v) is 3.25. The molecule has 4 nitrogen and oxygen atoms in total. The van der Waals surface area contributed by atoms with Crippen molar-refractivity contribution in [3.8, 4) is 0 Å². The second-order valence-electron chi connectivity index (χ2n) is 6.98. The van der Waals surface area contributed by atoms with Crippen molar-refractivity contribution >= 4 is 17.4 Å². The summed E-state index contributed by atoms with van der Waals surface area (Å²) in [5.74, 6) is -0.978. The number of benzene rings is 2. The molecule has 1 N–H and O–H groups in total. The minimum atomic E-state index is -0.978. The molecule has 0 saturated carbocycles. The van der Waals surface area contributed by atoms with Gasteiger partial charge in [-0.2, -0.15) is 0 Å². The maximum absolute atomic E-state index is 11.4. The Morgan fingerprint density at radius 3 is 2.46 bits per heavy atom. The molecular weight excluding hydrogens is 348 g/mol. The van der Waals surface area contributed by atoms with Gasteiger partial charge in [-0.25, -0.2) is 4.79 Å². The maximum Gasteiger partial charge on any atom is 0.335 e. The first-order valence-corrected chi connectivity index (χ1v) is 9.14. The molecule has 1 heterocycles. The summed E-state index contributed by atoms with van der Waals surface area (Å²) < 4.78 is 0. The molecule has 0 spiro atoms. The van der Waals surface area contributed by atoms with Crippen LogP contribution < -0.4 is 4.90 Å². The molecule has 0 saturated heterocycles. The summed E-state index contributed by atoms with van der Waals surface area (Å²) >= 11 is 0. The maximum atomic E-state index is 11.4. The van der Waals surface area contributed by atoms with Crippen LogP contribution in [-0.2, 0) is 6.54 Å². The Bertz CT molecular complexity index is 1040. The van der Waals surface area contributed by atoms with Crippen LogP contribution in [0.1, 0.15) is 38.3 Å². The van der Waals surface area contributed by atoms with Gasteiger partial charge in [-0.3, -0.25) is 4.98 Å². The summed E-state index contributed by atoms with van der Waals surface area (Å²) in [5.41, 5.74) is 7.16. The standard InChI is InChI=1S/C24H24N2O2/c1-16-9-10-21(18(3)13-16)15-26(23-8-6-5-7-17(23)2)19(4)22-14-20(24(27)28)11-12-25-22/h5-14H,4,15H2,1-3H3,(H,27,28). The zero-order chi connectivity index (χ0) is 20.3. The number of pyridine rings is 1. The Hall–Kier alpha value is -3.40. The number of nitrogens with zero attached hydrogens (tertiary/aromatic N) is 2. The van der Waals surface area contributed by atoms with Crippen LogP contribution in [0.3, 0.4) is 0 Å². The molecule has 0 fully saturated rings. The first-order valence-electron chi connectivity index (χ1n) is 9.14. The Labute approximate surface area is 165 Å². The molecule has 2 aromatic carbocycles. The van der Waals surface area contributed by atoms with Crippen molar-refractivity contribution in [1.29, 1.82) is 0 Å². The predicted molar refractivity (Wildman–Crippen MR) is 114 cm³/mol. The molecule has 0 aliphatic carbocycles. The van der Waals surface area contributed by atoms with E-state index in [1.807, 2.05) is 18.2 Å². The lowest BCUT2D eigenvalue weighted by atomic mass is 10.0.